The van der Waals surface area contributed by atoms with Crippen molar-refractivity contribution in [1.29, 1.82) is 0 Å². The molecule has 0 radical (unpaired) electrons. The van der Waals surface area contributed by atoms with Crippen molar-refractivity contribution < 1.29 is 5.11 Å². The Balaban J connectivity index is 2.22. The molecule has 1 aromatic carbocycles. The van der Waals surface area contributed by atoms with Gasteiger partial charge in [-0.05, 0) is 24.6 Å². The van der Waals surface area contributed by atoms with Gasteiger partial charge < -0.3 is 10.4 Å². The summed E-state index contributed by atoms with van der Waals surface area (Å²) in [5.41, 5.74) is 2.41. The fourth-order valence-electron chi connectivity index (χ4n) is 2.10. The molecule has 70 valence electrons. The van der Waals surface area contributed by atoms with Crippen LogP contribution < -0.4 is 5.32 Å². The summed E-state index contributed by atoms with van der Waals surface area (Å²) in [5.74, 6) is 0.349. The van der Waals surface area contributed by atoms with Crippen molar-refractivity contribution in [3.05, 3.63) is 35.4 Å². The largest absolute Gasteiger partial charge is 0.388 e. The predicted octanol–water partition coefficient (Wildman–Crippen LogP) is 1.11. The first-order valence-corrected chi connectivity index (χ1v) is 4.73. The topological polar surface area (TPSA) is 32.3 Å². The zero-order valence-electron chi connectivity index (χ0n) is 7.83. The second-order valence-electron chi connectivity index (χ2n) is 3.67. The van der Waals surface area contributed by atoms with Gasteiger partial charge in [-0.25, -0.2) is 0 Å². The molecule has 2 N–H and O–H groups in total. The molecule has 0 aromatic heterocycles. The Labute approximate surface area is 78.6 Å². The summed E-state index contributed by atoms with van der Waals surface area (Å²) in [4.78, 5) is 0. The van der Waals surface area contributed by atoms with Gasteiger partial charge in [0.25, 0.3) is 0 Å². The van der Waals surface area contributed by atoms with Crippen molar-refractivity contribution in [3.63, 3.8) is 0 Å². The summed E-state index contributed by atoms with van der Waals surface area (Å²) in [6.07, 6.45) is 0.724. The number of fused-ring (bicyclic) bond motifs is 1. The lowest BCUT2D eigenvalue weighted by Gasteiger charge is -2.13. The van der Waals surface area contributed by atoms with Crippen LogP contribution in [0.15, 0.2) is 24.3 Å². The minimum Gasteiger partial charge on any atom is -0.388 e. The molecule has 1 aliphatic rings. The van der Waals surface area contributed by atoms with E-state index in [4.69, 9.17) is 0 Å². The van der Waals surface area contributed by atoms with E-state index in [0.717, 1.165) is 18.5 Å². The summed E-state index contributed by atoms with van der Waals surface area (Å²) in [7, 11) is 1.93. The smallest absolute Gasteiger partial charge is 0.0836 e. The van der Waals surface area contributed by atoms with E-state index in [9.17, 15) is 5.11 Å². The van der Waals surface area contributed by atoms with Crippen molar-refractivity contribution in [2.75, 3.05) is 13.6 Å². The summed E-state index contributed by atoms with van der Waals surface area (Å²) < 4.78 is 0. The van der Waals surface area contributed by atoms with Crippen LogP contribution in [-0.2, 0) is 6.42 Å². The van der Waals surface area contributed by atoms with Crippen LogP contribution >= 0.6 is 0 Å². The number of hydrogen-bond donors (Lipinski definition) is 2. The van der Waals surface area contributed by atoms with Crippen molar-refractivity contribution >= 4 is 0 Å². The van der Waals surface area contributed by atoms with E-state index in [1.165, 1.54) is 5.56 Å². The lowest BCUT2D eigenvalue weighted by atomic mass is 10.0. The molecule has 0 saturated carbocycles. The highest BCUT2D eigenvalue weighted by Gasteiger charge is 2.29. The molecule has 0 bridgehead atoms. The SMILES string of the molecule is CNCC1Cc2ccccc2C1O. The van der Waals surface area contributed by atoms with Gasteiger partial charge in [-0.2, -0.15) is 0 Å². The van der Waals surface area contributed by atoms with Crippen molar-refractivity contribution in [1.82, 2.24) is 5.32 Å². The van der Waals surface area contributed by atoms with Crippen LogP contribution in [0.1, 0.15) is 17.2 Å². The fourth-order valence-corrected chi connectivity index (χ4v) is 2.10. The highest BCUT2D eigenvalue weighted by Crippen LogP contribution is 2.35. The Morgan fingerprint density at radius 2 is 2.23 bits per heavy atom. The van der Waals surface area contributed by atoms with E-state index in [-0.39, 0.29) is 6.10 Å². The van der Waals surface area contributed by atoms with Gasteiger partial charge in [0.2, 0.25) is 0 Å². The molecule has 2 unspecified atom stereocenters. The summed E-state index contributed by atoms with van der Waals surface area (Å²) in [6.45, 7) is 0.885. The van der Waals surface area contributed by atoms with Crippen molar-refractivity contribution in [2.24, 2.45) is 5.92 Å². The lowest BCUT2D eigenvalue weighted by Crippen LogP contribution is -2.22. The summed E-state index contributed by atoms with van der Waals surface area (Å²) in [5, 5.41) is 13.0. The number of benzene rings is 1. The normalized spacial score (nSPS) is 26.0. The number of hydrogen-bond acceptors (Lipinski definition) is 2. The summed E-state index contributed by atoms with van der Waals surface area (Å²) >= 11 is 0. The number of rotatable bonds is 2. The van der Waals surface area contributed by atoms with Crippen molar-refractivity contribution in [3.8, 4) is 0 Å². The number of nitrogens with one attached hydrogen (secondary N) is 1. The van der Waals surface area contributed by atoms with E-state index in [1.54, 1.807) is 0 Å². The molecule has 2 heteroatoms. The fraction of sp³-hybridized carbons (Fsp3) is 0.455. The molecule has 0 spiro atoms. The predicted molar refractivity (Wildman–Crippen MR) is 52.5 cm³/mol. The minimum atomic E-state index is -0.274. The van der Waals surface area contributed by atoms with Gasteiger partial charge in [0, 0.05) is 12.5 Å². The molecule has 0 heterocycles. The van der Waals surface area contributed by atoms with Gasteiger partial charge in [0.05, 0.1) is 6.10 Å². The molecular formula is C11H15NO. The van der Waals surface area contributed by atoms with Gasteiger partial charge in [-0.1, -0.05) is 24.3 Å². The van der Waals surface area contributed by atoms with Crippen LogP contribution in [0.4, 0.5) is 0 Å². The highest BCUT2D eigenvalue weighted by molar-refractivity contribution is 5.34. The van der Waals surface area contributed by atoms with E-state index >= 15 is 0 Å². The van der Waals surface area contributed by atoms with Gasteiger partial charge in [0.1, 0.15) is 0 Å². The number of aliphatic hydroxyl groups excluding tert-OH is 1. The van der Waals surface area contributed by atoms with E-state index in [1.807, 2.05) is 25.2 Å². The highest BCUT2D eigenvalue weighted by atomic mass is 16.3. The molecule has 0 aliphatic heterocycles. The maximum atomic E-state index is 9.93. The Morgan fingerprint density at radius 3 is 2.92 bits per heavy atom. The molecule has 2 nitrogen and oxygen atoms in total. The van der Waals surface area contributed by atoms with E-state index in [0.29, 0.717) is 5.92 Å². The average molecular weight is 177 g/mol. The average Bonchev–Trinajstić information content (AvgIpc) is 2.46. The molecular weight excluding hydrogens is 162 g/mol. The van der Waals surface area contributed by atoms with Crippen LogP contribution in [0, 0.1) is 5.92 Å². The Kier molecular flexibility index (Phi) is 2.34. The third kappa shape index (κ3) is 1.47. The van der Waals surface area contributed by atoms with Gasteiger partial charge >= 0.3 is 0 Å². The first-order chi connectivity index (χ1) is 6.33. The number of aliphatic hydroxyl groups is 1. The first-order valence-electron chi connectivity index (χ1n) is 4.73. The Hall–Kier alpha value is -0.860. The van der Waals surface area contributed by atoms with Gasteiger partial charge in [-0.3, -0.25) is 0 Å². The molecule has 1 aromatic rings. The van der Waals surface area contributed by atoms with Crippen LogP contribution in [-0.4, -0.2) is 18.7 Å². The molecule has 0 fully saturated rings. The second kappa shape index (κ2) is 3.48. The second-order valence-corrected chi connectivity index (χ2v) is 3.67. The zero-order valence-corrected chi connectivity index (χ0v) is 7.83. The molecule has 2 atom stereocenters. The third-order valence-electron chi connectivity index (χ3n) is 2.77. The first kappa shape index (κ1) is 8.73. The zero-order chi connectivity index (χ0) is 9.26. The maximum absolute atomic E-state index is 9.93. The van der Waals surface area contributed by atoms with Crippen LogP contribution in [0.2, 0.25) is 0 Å². The lowest BCUT2D eigenvalue weighted by molar-refractivity contribution is 0.123. The quantitative estimate of drug-likeness (QED) is 0.709. The van der Waals surface area contributed by atoms with Crippen molar-refractivity contribution in [2.45, 2.75) is 12.5 Å². The molecule has 0 amide bonds. The van der Waals surface area contributed by atoms with E-state index < -0.39 is 0 Å². The van der Waals surface area contributed by atoms with Gasteiger partial charge in [0.15, 0.2) is 0 Å². The van der Waals surface area contributed by atoms with Gasteiger partial charge in [-0.15, -0.1) is 0 Å². The van der Waals surface area contributed by atoms with Crippen LogP contribution in [0.25, 0.3) is 0 Å². The molecule has 2 rings (SSSR count). The summed E-state index contributed by atoms with van der Waals surface area (Å²) in [6, 6.07) is 8.15. The van der Waals surface area contributed by atoms with Crippen LogP contribution in [0.3, 0.4) is 0 Å². The third-order valence-corrected chi connectivity index (χ3v) is 2.77. The maximum Gasteiger partial charge on any atom is 0.0836 e. The molecule has 13 heavy (non-hydrogen) atoms. The standard InChI is InChI=1S/C11H15NO/c1-12-7-9-6-8-4-2-3-5-10(8)11(9)13/h2-5,9,11-13H,6-7H2,1H3. The minimum absolute atomic E-state index is 0.274. The molecule has 0 saturated heterocycles. The van der Waals surface area contributed by atoms with E-state index in [2.05, 4.69) is 11.4 Å². The Morgan fingerprint density at radius 1 is 1.46 bits per heavy atom. The molecule has 1 aliphatic carbocycles. The monoisotopic (exact) mass is 177 g/mol. The Bertz CT molecular complexity index is 298. The van der Waals surface area contributed by atoms with Crippen LogP contribution in [0.5, 0.6) is 0 Å².